The maximum Gasteiger partial charge on any atom is 0.221 e. The first-order chi connectivity index (χ1) is 10.1. The molecule has 116 valence electrons. The minimum atomic E-state index is -0.796. The SMILES string of the molecule is O=C(CC1CCCN1)NCC(O)COc1ccc(F)cc1. The summed E-state index contributed by atoms with van der Waals surface area (Å²) in [6, 6.07) is 5.81. The van der Waals surface area contributed by atoms with Crippen molar-refractivity contribution >= 4 is 5.91 Å². The third kappa shape index (κ3) is 5.69. The molecule has 6 heteroatoms. The van der Waals surface area contributed by atoms with Crippen LogP contribution >= 0.6 is 0 Å². The Kier molecular flexibility index (Phi) is 5.95. The van der Waals surface area contributed by atoms with Gasteiger partial charge in [0, 0.05) is 19.0 Å². The van der Waals surface area contributed by atoms with Gasteiger partial charge in [-0.15, -0.1) is 0 Å². The fraction of sp³-hybridized carbons (Fsp3) is 0.533. The van der Waals surface area contributed by atoms with E-state index in [4.69, 9.17) is 4.74 Å². The van der Waals surface area contributed by atoms with Gasteiger partial charge in [0.15, 0.2) is 0 Å². The summed E-state index contributed by atoms with van der Waals surface area (Å²) in [4.78, 5) is 11.7. The van der Waals surface area contributed by atoms with Gasteiger partial charge >= 0.3 is 0 Å². The van der Waals surface area contributed by atoms with Crippen molar-refractivity contribution in [2.75, 3.05) is 19.7 Å². The van der Waals surface area contributed by atoms with E-state index < -0.39 is 6.10 Å². The molecule has 0 saturated carbocycles. The number of carbonyl (C=O) groups excluding carboxylic acids is 1. The molecule has 0 bridgehead atoms. The van der Waals surface area contributed by atoms with Gasteiger partial charge in [-0.05, 0) is 43.7 Å². The van der Waals surface area contributed by atoms with Crippen molar-refractivity contribution in [2.24, 2.45) is 0 Å². The summed E-state index contributed by atoms with van der Waals surface area (Å²) in [7, 11) is 0. The van der Waals surface area contributed by atoms with E-state index in [2.05, 4.69) is 10.6 Å². The van der Waals surface area contributed by atoms with Crippen molar-refractivity contribution in [3.63, 3.8) is 0 Å². The van der Waals surface area contributed by atoms with Crippen molar-refractivity contribution in [3.05, 3.63) is 30.1 Å². The molecule has 0 spiro atoms. The first-order valence-corrected chi connectivity index (χ1v) is 7.20. The first kappa shape index (κ1) is 15.7. The number of benzene rings is 1. The van der Waals surface area contributed by atoms with Crippen LogP contribution in [0.15, 0.2) is 24.3 Å². The number of aliphatic hydroxyl groups is 1. The highest BCUT2D eigenvalue weighted by Crippen LogP contribution is 2.11. The highest BCUT2D eigenvalue weighted by molar-refractivity contribution is 5.76. The van der Waals surface area contributed by atoms with Gasteiger partial charge in [0.25, 0.3) is 0 Å². The quantitative estimate of drug-likeness (QED) is 0.697. The lowest BCUT2D eigenvalue weighted by Gasteiger charge is -2.14. The molecule has 0 aromatic heterocycles. The summed E-state index contributed by atoms with van der Waals surface area (Å²) in [5, 5.41) is 15.7. The number of amides is 1. The standard InChI is InChI=1S/C15H21FN2O3/c16-11-3-5-14(6-4-11)21-10-13(19)9-18-15(20)8-12-2-1-7-17-12/h3-6,12-13,17,19H,1-2,7-10H2,(H,18,20). The molecular formula is C15H21FN2O3. The van der Waals surface area contributed by atoms with Crippen molar-refractivity contribution in [2.45, 2.75) is 31.4 Å². The normalized spacial score (nSPS) is 19.2. The molecule has 1 heterocycles. The Labute approximate surface area is 123 Å². The lowest BCUT2D eigenvalue weighted by atomic mass is 10.1. The predicted octanol–water partition coefficient (Wildman–Crippen LogP) is 0.824. The lowest BCUT2D eigenvalue weighted by Crippen LogP contribution is -2.38. The summed E-state index contributed by atoms with van der Waals surface area (Å²) in [6.45, 7) is 1.16. The van der Waals surface area contributed by atoms with Crippen molar-refractivity contribution < 1.29 is 19.0 Å². The fourth-order valence-electron chi connectivity index (χ4n) is 2.24. The fourth-order valence-corrected chi connectivity index (χ4v) is 2.24. The monoisotopic (exact) mass is 296 g/mol. The molecule has 2 unspecified atom stereocenters. The zero-order valence-corrected chi connectivity index (χ0v) is 11.8. The smallest absolute Gasteiger partial charge is 0.221 e. The Balaban J connectivity index is 1.61. The molecule has 5 nitrogen and oxygen atoms in total. The highest BCUT2D eigenvalue weighted by Gasteiger charge is 2.18. The van der Waals surface area contributed by atoms with E-state index in [0.717, 1.165) is 19.4 Å². The van der Waals surface area contributed by atoms with E-state index in [1.807, 2.05) is 0 Å². The third-order valence-electron chi connectivity index (χ3n) is 3.39. The molecule has 1 saturated heterocycles. The second-order valence-electron chi connectivity index (χ2n) is 5.22. The van der Waals surface area contributed by atoms with E-state index in [9.17, 15) is 14.3 Å². The molecule has 1 aliphatic rings. The Morgan fingerprint density at radius 2 is 2.24 bits per heavy atom. The number of halogens is 1. The minimum Gasteiger partial charge on any atom is -0.491 e. The van der Waals surface area contributed by atoms with Gasteiger partial charge in [-0.1, -0.05) is 0 Å². The van der Waals surface area contributed by atoms with Crippen LogP contribution in [0, 0.1) is 5.82 Å². The number of hydrogen-bond acceptors (Lipinski definition) is 4. The molecule has 1 aliphatic heterocycles. The Bertz CT molecular complexity index is 447. The van der Waals surface area contributed by atoms with Gasteiger partial charge < -0.3 is 20.5 Å². The molecule has 1 aromatic rings. The molecule has 0 aliphatic carbocycles. The maximum absolute atomic E-state index is 12.7. The summed E-state index contributed by atoms with van der Waals surface area (Å²) in [5.41, 5.74) is 0. The lowest BCUT2D eigenvalue weighted by molar-refractivity contribution is -0.122. The highest BCUT2D eigenvalue weighted by atomic mass is 19.1. The first-order valence-electron chi connectivity index (χ1n) is 7.20. The molecule has 2 atom stereocenters. The van der Waals surface area contributed by atoms with Crippen LogP contribution in [-0.2, 0) is 4.79 Å². The Hall–Kier alpha value is -1.66. The van der Waals surface area contributed by atoms with Crippen LogP contribution in [0.4, 0.5) is 4.39 Å². The van der Waals surface area contributed by atoms with Crippen LogP contribution in [0.3, 0.4) is 0 Å². The number of aliphatic hydroxyl groups excluding tert-OH is 1. The number of carbonyl (C=O) groups is 1. The number of hydrogen-bond donors (Lipinski definition) is 3. The van der Waals surface area contributed by atoms with Crippen LogP contribution < -0.4 is 15.4 Å². The van der Waals surface area contributed by atoms with Gasteiger partial charge in [0.2, 0.25) is 5.91 Å². The van der Waals surface area contributed by atoms with Gasteiger partial charge in [0.1, 0.15) is 24.3 Å². The van der Waals surface area contributed by atoms with Crippen LogP contribution in [0.2, 0.25) is 0 Å². The number of rotatable bonds is 7. The number of nitrogens with one attached hydrogen (secondary N) is 2. The zero-order valence-electron chi connectivity index (χ0n) is 11.8. The van der Waals surface area contributed by atoms with Crippen LogP contribution in [-0.4, -0.2) is 42.9 Å². The predicted molar refractivity (Wildman–Crippen MR) is 76.6 cm³/mol. The molecular weight excluding hydrogens is 275 g/mol. The average molecular weight is 296 g/mol. The minimum absolute atomic E-state index is 0.0492. The summed E-state index contributed by atoms with van der Waals surface area (Å²) in [6.07, 6.45) is 1.76. The van der Waals surface area contributed by atoms with Crippen molar-refractivity contribution in [1.29, 1.82) is 0 Å². The average Bonchev–Trinajstić information content (AvgIpc) is 2.97. The van der Waals surface area contributed by atoms with Crippen molar-refractivity contribution in [3.8, 4) is 5.75 Å². The third-order valence-corrected chi connectivity index (χ3v) is 3.39. The molecule has 3 N–H and O–H groups in total. The molecule has 21 heavy (non-hydrogen) atoms. The molecule has 0 radical (unpaired) electrons. The molecule has 2 rings (SSSR count). The second kappa shape index (κ2) is 7.95. The van der Waals surface area contributed by atoms with Gasteiger partial charge in [0.05, 0.1) is 0 Å². The maximum atomic E-state index is 12.7. The van der Waals surface area contributed by atoms with Crippen LogP contribution in [0.1, 0.15) is 19.3 Å². The van der Waals surface area contributed by atoms with E-state index >= 15 is 0 Å². The van der Waals surface area contributed by atoms with E-state index in [0.29, 0.717) is 12.2 Å². The van der Waals surface area contributed by atoms with Crippen LogP contribution in [0.25, 0.3) is 0 Å². The summed E-state index contributed by atoms with van der Waals surface area (Å²) < 4.78 is 18.0. The zero-order chi connectivity index (χ0) is 15.1. The molecule has 1 aromatic carbocycles. The van der Waals surface area contributed by atoms with Gasteiger partial charge in [-0.2, -0.15) is 0 Å². The van der Waals surface area contributed by atoms with Gasteiger partial charge in [-0.3, -0.25) is 4.79 Å². The molecule has 1 amide bonds. The molecule has 1 fully saturated rings. The van der Waals surface area contributed by atoms with E-state index in [1.54, 1.807) is 0 Å². The summed E-state index contributed by atoms with van der Waals surface area (Å²) >= 11 is 0. The Morgan fingerprint density at radius 1 is 1.48 bits per heavy atom. The topological polar surface area (TPSA) is 70.6 Å². The van der Waals surface area contributed by atoms with E-state index in [1.165, 1.54) is 24.3 Å². The van der Waals surface area contributed by atoms with Gasteiger partial charge in [-0.25, -0.2) is 4.39 Å². The second-order valence-corrected chi connectivity index (χ2v) is 5.22. The van der Waals surface area contributed by atoms with Crippen molar-refractivity contribution in [1.82, 2.24) is 10.6 Å². The largest absolute Gasteiger partial charge is 0.491 e. The van der Waals surface area contributed by atoms with Crippen LogP contribution in [0.5, 0.6) is 5.75 Å². The number of ether oxygens (including phenoxy) is 1. The van der Waals surface area contributed by atoms with E-state index in [-0.39, 0.29) is 30.9 Å². The summed E-state index contributed by atoms with van der Waals surface area (Å²) in [5.74, 6) is 0.0721. The Morgan fingerprint density at radius 3 is 2.90 bits per heavy atom.